The highest BCUT2D eigenvalue weighted by Crippen LogP contribution is 2.39. The molecule has 1 amide bonds. The fourth-order valence-electron chi connectivity index (χ4n) is 4.69. The van der Waals surface area contributed by atoms with Crippen LogP contribution in [0.3, 0.4) is 0 Å². The van der Waals surface area contributed by atoms with Gasteiger partial charge in [0.2, 0.25) is 10.0 Å². The monoisotopic (exact) mass is 476 g/mol. The molecule has 0 bridgehead atoms. The number of fused-ring (bicyclic) bond motifs is 1. The first-order valence-corrected chi connectivity index (χ1v) is 12.8. The average molecular weight is 477 g/mol. The molecule has 3 aliphatic rings. The number of carbonyl (C=O) groups excluding carboxylic acids is 1. The lowest BCUT2D eigenvalue weighted by molar-refractivity contribution is 0.0735. The summed E-state index contributed by atoms with van der Waals surface area (Å²) in [6.45, 7) is 2.60. The molecule has 2 saturated heterocycles. The number of ether oxygens (including phenoxy) is 2. The SMILES string of the molecule is O=C(c1ccc(Cl)c(S(=O)(=O)N2CCCC2)c1)N1CCCC1c1ccc2c(c1)OCCO2. The van der Waals surface area contributed by atoms with E-state index >= 15 is 0 Å². The summed E-state index contributed by atoms with van der Waals surface area (Å²) in [5, 5.41) is 0.137. The zero-order chi connectivity index (χ0) is 22.3. The van der Waals surface area contributed by atoms with Gasteiger partial charge < -0.3 is 14.4 Å². The Morgan fingerprint density at radius 3 is 2.47 bits per heavy atom. The largest absolute Gasteiger partial charge is 0.486 e. The molecule has 2 aromatic carbocycles. The quantitative estimate of drug-likeness (QED) is 0.669. The van der Waals surface area contributed by atoms with Crippen LogP contribution in [-0.4, -0.2) is 56.4 Å². The number of amides is 1. The van der Waals surface area contributed by atoms with E-state index in [9.17, 15) is 13.2 Å². The summed E-state index contributed by atoms with van der Waals surface area (Å²) in [7, 11) is -3.72. The molecule has 7 nitrogen and oxygen atoms in total. The Labute approximate surface area is 192 Å². The fourth-order valence-corrected chi connectivity index (χ4v) is 6.71. The van der Waals surface area contributed by atoms with Crippen LogP contribution in [0.25, 0.3) is 0 Å². The molecule has 170 valence electrons. The molecule has 3 heterocycles. The summed E-state index contributed by atoms with van der Waals surface area (Å²) in [4.78, 5) is 15.3. The maximum absolute atomic E-state index is 13.4. The minimum absolute atomic E-state index is 0.00185. The molecule has 0 saturated carbocycles. The van der Waals surface area contributed by atoms with Gasteiger partial charge in [-0.25, -0.2) is 8.42 Å². The molecule has 0 aromatic heterocycles. The second-order valence-electron chi connectivity index (χ2n) is 8.32. The lowest BCUT2D eigenvalue weighted by Crippen LogP contribution is -2.31. The van der Waals surface area contributed by atoms with Crippen molar-refractivity contribution in [3.8, 4) is 11.5 Å². The molecule has 2 aromatic rings. The van der Waals surface area contributed by atoms with Crippen molar-refractivity contribution in [1.82, 2.24) is 9.21 Å². The normalized spacial score (nSPS) is 21.2. The van der Waals surface area contributed by atoms with Crippen molar-refractivity contribution < 1.29 is 22.7 Å². The van der Waals surface area contributed by atoms with E-state index in [0.29, 0.717) is 49.9 Å². The minimum Gasteiger partial charge on any atom is -0.486 e. The fraction of sp³-hybridized carbons (Fsp3) is 0.435. The maximum atomic E-state index is 13.4. The topological polar surface area (TPSA) is 76.2 Å². The van der Waals surface area contributed by atoms with Crippen LogP contribution >= 0.6 is 11.6 Å². The van der Waals surface area contributed by atoms with E-state index in [4.69, 9.17) is 21.1 Å². The van der Waals surface area contributed by atoms with E-state index in [1.807, 2.05) is 18.2 Å². The number of hydrogen-bond acceptors (Lipinski definition) is 5. The van der Waals surface area contributed by atoms with Crippen LogP contribution < -0.4 is 9.47 Å². The molecule has 1 unspecified atom stereocenters. The second-order valence-corrected chi connectivity index (χ2v) is 10.6. The molecule has 32 heavy (non-hydrogen) atoms. The van der Waals surface area contributed by atoms with Crippen molar-refractivity contribution in [2.24, 2.45) is 0 Å². The molecule has 5 rings (SSSR count). The smallest absolute Gasteiger partial charge is 0.254 e. The van der Waals surface area contributed by atoms with Gasteiger partial charge in [0.05, 0.1) is 11.1 Å². The third kappa shape index (κ3) is 3.84. The molecule has 0 radical (unpaired) electrons. The van der Waals surface area contributed by atoms with Crippen LogP contribution in [-0.2, 0) is 10.0 Å². The Kier molecular flexibility index (Phi) is 5.77. The van der Waals surface area contributed by atoms with Crippen LogP contribution in [0.1, 0.15) is 47.6 Å². The molecule has 9 heteroatoms. The highest BCUT2D eigenvalue weighted by Gasteiger charge is 2.34. The first-order chi connectivity index (χ1) is 15.4. The van der Waals surface area contributed by atoms with Gasteiger partial charge in [0.15, 0.2) is 11.5 Å². The summed E-state index contributed by atoms with van der Waals surface area (Å²) in [6, 6.07) is 10.2. The summed E-state index contributed by atoms with van der Waals surface area (Å²) in [5.41, 5.74) is 1.32. The van der Waals surface area contributed by atoms with Crippen LogP contribution in [0.4, 0.5) is 0 Å². The van der Waals surface area contributed by atoms with E-state index < -0.39 is 10.0 Å². The first-order valence-electron chi connectivity index (χ1n) is 11.0. The highest BCUT2D eigenvalue weighted by atomic mass is 35.5. The molecule has 3 aliphatic heterocycles. The molecular weight excluding hydrogens is 452 g/mol. The number of likely N-dealkylation sites (tertiary alicyclic amines) is 1. The van der Waals surface area contributed by atoms with Crippen molar-refractivity contribution in [1.29, 1.82) is 0 Å². The van der Waals surface area contributed by atoms with Crippen LogP contribution in [0, 0.1) is 0 Å². The van der Waals surface area contributed by atoms with Crippen LogP contribution in [0.15, 0.2) is 41.3 Å². The number of halogens is 1. The van der Waals surface area contributed by atoms with Crippen LogP contribution in [0.5, 0.6) is 11.5 Å². The van der Waals surface area contributed by atoms with E-state index in [2.05, 4.69) is 0 Å². The Morgan fingerprint density at radius 1 is 0.938 bits per heavy atom. The summed E-state index contributed by atoms with van der Waals surface area (Å²) < 4.78 is 38.9. The average Bonchev–Trinajstić information content (AvgIpc) is 3.51. The first kappa shape index (κ1) is 21.6. The number of nitrogens with zero attached hydrogens (tertiary/aromatic N) is 2. The van der Waals surface area contributed by atoms with E-state index in [0.717, 1.165) is 31.2 Å². The Morgan fingerprint density at radius 2 is 1.69 bits per heavy atom. The zero-order valence-electron chi connectivity index (χ0n) is 17.6. The van der Waals surface area contributed by atoms with Gasteiger partial charge in [0.1, 0.15) is 18.1 Å². The van der Waals surface area contributed by atoms with Gasteiger partial charge in [0, 0.05) is 25.2 Å². The van der Waals surface area contributed by atoms with Crippen molar-refractivity contribution >= 4 is 27.5 Å². The predicted molar refractivity (Wildman–Crippen MR) is 120 cm³/mol. The zero-order valence-corrected chi connectivity index (χ0v) is 19.2. The van der Waals surface area contributed by atoms with Crippen molar-refractivity contribution in [2.45, 2.75) is 36.6 Å². The molecule has 0 aliphatic carbocycles. The Bertz CT molecular complexity index is 1150. The number of benzene rings is 2. The summed E-state index contributed by atoms with van der Waals surface area (Å²) in [5.74, 6) is 1.21. The predicted octanol–water partition coefficient (Wildman–Crippen LogP) is 3.87. The standard InChI is InChI=1S/C23H25ClN2O5S/c24-18-7-5-17(15-22(18)32(28,29)25-9-1-2-10-25)23(27)26-11-3-4-19(26)16-6-8-20-21(14-16)31-13-12-30-20/h5-8,14-15,19H,1-4,9-13H2. The number of sulfonamides is 1. The molecule has 0 spiro atoms. The Hall–Kier alpha value is -2.29. The van der Waals surface area contributed by atoms with Gasteiger partial charge in [-0.05, 0) is 61.6 Å². The van der Waals surface area contributed by atoms with Gasteiger partial charge in [-0.2, -0.15) is 4.31 Å². The second kappa shape index (κ2) is 8.57. The van der Waals surface area contributed by atoms with Gasteiger partial charge in [0.25, 0.3) is 5.91 Å². The number of rotatable bonds is 4. The van der Waals surface area contributed by atoms with Crippen molar-refractivity contribution in [2.75, 3.05) is 32.8 Å². The highest BCUT2D eigenvalue weighted by molar-refractivity contribution is 7.89. The third-order valence-electron chi connectivity index (χ3n) is 6.33. The van der Waals surface area contributed by atoms with Gasteiger partial charge in [-0.15, -0.1) is 0 Å². The van der Waals surface area contributed by atoms with Crippen LogP contribution in [0.2, 0.25) is 5.02 Å². The summed E-state index contributed by atoms with van der Waals surface area (Å²) >= 11 is 6.26. The Balaban J connectivity index is 1.43. The molecular formula is C23H25ClN2O5S. The lowest BCUT2D eigenvalue weighted by atomic mass is 10.0. The molecule has 2 fully saturated rings. The number of hydrogen-bond donors (Lipinski definition) is 0. The summed E-state index contributed by atoms with van der Waals surface area (Å²) in [6.07, 6.45) is 3.37. The van der Waals surface area contributed by atoms with E-state index in [1.165, 1.54) is 16.4 Å². The molecule has 1 atom stereocenters. The van der Waals surface area contributed by atoms with Gasteiger partial charge in [-0.1, -0.05) is 17.7 Å². The van der Waals surface area contributed by atoms with Crippen molar-refractivity contribution in [3.63, 3.8) is 0 Å². The van der Waals surface area contributed by atoms with E-state index in [-0.39, 0.29) is 21.9 Å². The third-order valence-corrected chi connectivity index (χ3v) is 8.71. The maximum Gasteiger partial charge on any atom is 0.254 e. The van der Waals surface area contributed by atoms with E-state index in [1.54, 1.807) is 11.0 Å². The minimum atomic E-state index is -3.72. The number of carbonyl (C=O) groups is 1. The van der Waals surface area contributed by atoms with Crippen molar-refractivity contribution in [3.05, 3.63) is 52.5 Å². The van der Waals surface area contributed by atoms with Gasteiger partial charge >= 0.3 is 0 Å². The lowest BCUT2D eigenvalue weighted by Gasteiger charge is -2.27. The molecule has 0 N–H and O–H groups in total. The van der Waals surface area contributed by atoms with Gasteiger partial charge in [-0.3, -0.25) is 4.79 Å².